The molecule has 3 heterocycles. The topological polar surface area (TPSA) is 55.2 Å². The normalized spacial score (nSPS) is 19.0. The van der Waals surface area contributed by atoms with E-state index in [-0.39, 0.29) is 11.5 Å². The minimum Gasteiger partial charge on any atom is -0.338 e. The Labute approximate surface area is 163 Å². The smallest absolute Gasteiger partial charge is 0.261 e. The zero-order valence-corrected chi connectivity index (χ0v) is 15.8. The lowest BCUT2D eigenvalue weighted by atomic mass is 9.99. The zero-order valence-electron chi connectivity index (χ0n) is 15.8. The van der Waals surface area contributed by atoms with Crippen molar-refractivity contribution in [2.24, 2.45) is 0 Å². The maximum absolute atomic E-state index is 13.1. The highest BCUT2D eigenvalue weighted by atomic mass is 16.2. The maximum Gasteiger partial charge on any atom is 0.261 e. The van der Waals surface area contributed by atoms with Crippen LogP contribution >= 0.6 is 0 Å². The van der Waals surface area contributed by atoms with Gasteiger partial charge in [-0.05, 0) is 43.0 Å². The fraction of sp³-hybridized carbons (Fsp3) is 0.348. The van der Waals surface area contributed by atoms with Crippen LogP contribution in [0.15, 0.2) is 53.3 Å². The van der Waals surface area contributed by atoms with E-state index in [9.17, 15) is 9.59 Å². The van der Waals surface area contributed by atoms with E-state index in [1.165, 1.54) is 5.56 Å². The molecule has 1 atom stereocenters. The number of carbonyl (C=O) groups is 1. The van der Waals surface area contributed by atoms with E-state index in [4.69, 9.17) is 4.98 Å². The number of likely N-dealkylation sites (tertiary alicyclic amines) is 1. The standard InChI is InChI=1S/C23H23N3O2/c27-22(25-13-11-18(15-25)16-6-2-1-3-7-16)17-9-10-19-20(14-17)24-21-8-4-5-12-26(21)23(19)28/h1-3,6-7,9-10,14,18H,4-5,8,11-13,15H2. The van der Waals surface area contributed by atoms with Crippen molar-refractivity contribution < 1.29 is 4.79 Å². The van der Waals surface area contributed by atoms with E-state index in [0.29, 0.717) is 22.4 Å². The highest BCUT2D eigenvalue weighted by molar-refractivity contribution is 5.97. The van der Waals surface area contributed by atoms with Crippen molar-refractivity contribution >= 4 is 16.8 Å². The molecule has 3 aromatic rings. The van der Waals surface area contributed by atoms with Gasteiger partial charge in [0.15, 0.2) is 0 Å². The minimum absolute atomic E-state index is 0.0176. The van der Waals surface area contributed by atoms with Crippen LogP contribution in [0.4, 0.5) is 0 Å². The van der Waals surface area contributed by atoms with E-state index in [1.807, 2.05) is 23.1 Å². The van der Waals surface area contributed by atoms with E-state index in [2.05, 4.69) is 12.1 Å². The number of rotatable bonds is 2. The molecular formula is C23H23N3O2. The molecule has 0 aliphatic carbocycles. The van der Waals surface area contributed by atoms with Crippen molar-refractivity contribution in [2.75, 3.05) is 13.1 Å². The Kier molecular flexibility index (Phi) is 4.23. The Morgan fingerprint density at radius 3 is 2.75 bits per heavy atom. The minimum atomic E-state index is 0.0176. The van der Waals surface area contributed by atoms with Gasteiger partial charge in [-0.1, -0.05) is 30.3 Å². The molecule has 1 fully saturated rings. The van der Waals surface area contributed by atoms with Gasteiger partial charge in [0.1, 0.15) is 5.82 Å². The molecule has 2 aliphatic rings. The van der Waals surface area contributed by atoms with Crippen LogP contribution in [-0.2, 0) is 13.0 Å². The third-order valence-corrected chi connectivity index (χ3v) is 6.06. The van der Waals surface area contributed by atoms with E-state index in [0.717, 1.165) is 51.1 Å². The van der Waals surface area contributed by atoms with Gasteiger partial charge in [-0.2, -0.15) is 0 Å². The van der Waals surface area contributed by atoms with Gasteiger partial charge >= 0.3 is 0 Å². The summed E-state index contributed by atoms with van der Waals surface area (Å²) in [6.07, 6.45) is 3.89. The van der Waals surface area contributed by atoms with E-state index < -0.39 is 0 Å². The van der Waals surface area contributed by atoms with Crippen molar-refractivity contribution in [3.05, 3.63) is 75.8 Å². The summed E-state index contributed by atoms with van der Waals surface area (Å²) in [7, 11) is 0. The predicted molar refractivity (Wildman–Crippen MR) is 109 cm³/mol. The molecule has 0 spiro atoms. The van der Waals surface area contributed by atoms with Gasteiger partial charge in [-0.15, -0.1) is 0 Å². The average Bonchev–Trinajstić information content (AvgIpc) is 3.24. The first-order valence-corrected chi connectivity index (χ1v) is 10.1. The van der Waals surface area contributed by atoms with Crippen LogP contribution in [0.2, 0.25) is 0 Å². The summed E-state index contributed by atoms with van der Waals surface area (Å²) >= 11 is 0. The maximum atomic E-state index is 13.1. The number of nitrogens with zero attached hydrogens (tertiary/aromatic N) is 3. The van der Waals surface area contributed by atoms with E-state index >= 15 is 0 Å². The predicted octanol–water partition coefficient (Wildman–Crippen LogP) is 3.36. The molecule has 1 amide bonds. The van der Waals surface area contributed by atoms with Gasteiger partial charge in [0.05, 0.1) is 10.9 Å². The number of carbonyl (C=O) groups excluding carboxylic acids is 1. The average molecular weight is 373 g/mol. The van der Waals surface area contributed by atoms with Crippen LogP contribution < -0.4 is 5.56 Å². The fourth-order valence-corrected chi connectivity index (χ4v) is 4.50. The number of hydrogen-bond acceptors (Lipinski definition) is 3. The van der Waals surface area contributed by atoms with Gasteiger partial charge < -0.3 is 4.90 Å². The SMILES string of the molecule is O=C(c1ccc2c(=O)n3c(nc2c1)CCCC3)N1CCC(c2ccccc2)C1. The molecule has 2 aliphatic heterocycles. The van der Waals surface area contributed by atoms with Crippen LogP contribution in [0.3, 0.4) is 0 Å². The van der Waals surface area contributed by atoms with Crippen LogP contribution in [0.25, 0.3) is 10.9 Å². The van der Waals surface area contributed by atoms with Crippen molar-refractivity contribution in [2.45, 2.75) is 38.1 Å². The summed E-state index contributed by atoms with van der Waals surface area (Å²) in [4.78, 5) is 32.4. The van der Waals surface area contributed by atoms with E-state index in [1.54, 1.807) is 22.8 Å². The largest absolute Gasteiger partial charge is 0.338 e. The second kappa shape index (κ2) is 6.89. The zero-order chi connectivity index (χ0) is 19.1. The van der Waals surface area contributed by atoms with Crippen LogP contribution in [0.1, 0.15) is 46.9 Å². The number of aromatic nitrogens is 2. The van der Waals surface area contributed by atoms with Crippen LogP contribution in [0, 0.1) is 0 Å². The Hall–Kier alpha value is -2.95. The van der Waals surface area contributed by atoms with Gasteiger partial charge in [0.2, 0.25) is 0 Å². The molecule has 1 unspecified atom stereocenters. The van der Waals surface area contributed by atoms with Crippen LogP contribution in [0.5, 0.6) is 0 Å². The third kappa shape index (κ3) is 2.91. The monoisotopic (exact) mass is 373 g/mol. The van der Waals surface area contributed by atoms with Crippen LogP contribution in [-0.4, -0.2) is 33.4 Å². The quantitative estimate of drug-likeness (QED) is 0.692. The summed E-state index contributed by atoms with van der Waals surface area (Å²) in [6, 6.07) is 15.7. The molecule has 5 heteroatoms. The fourth-order valence-electron chi connectivity index (χ4n) is 4.50. The second-order valence-corrected chi connectivity index (χ2v) is 7.82. The molecule has 1 aromatic heterocycles. The molecule has 5 rings (SSSR count). The Morgan fingerprint density at radius 2 is 1.89 bits per heavy atom. The lowest BCUT2D eigenvalue weighted by Crippen LogP contribution is -2.30. The lowest BCUT2D eigenvalue weighted by molar-refractivity contribution is 0.0791. The highest BCUT2D eigenvalue weighted by Crippen LogP contribution is 2.28. The Balaban J connectivity index is 1.43. The summed E-state index contributed by atoms with van der Waals surface area (Å²) in [5.74, 6) is 1.26. The summed E-state index contributed by atoms with van der Waals surface area (Å²) in [6.45, 7) is 2.24. The van der Waals surface area contributed by atoms with Gasteiger partial charge in [-0.25, -0.2) is 4.98 Å². The van der Waals surface area contributed by atoms with Gasteiger partial charge in [0, 0.05) is 37.5 Å². The molecule has 142 valence electrons. The number of hydrogen-bond donors (Lipinski definition) is 0. The first-order chi connectivity index (χ1) is 13.7. The van der Waals surface area contributed by atoms with Crippen molar-refractivity contribution in [1.29, 1.82) is 0 Å². The molecule has 5 nitrogen and oxygen atoms in total. The summed E-state index contributed by atoms with van der Waals surface area (Å²) in [5, 5.41) is 0.603. The van der Waals surface area contributed by atoms with Crippen molar-refractivity contribution in [3.63, 3.8) is 0 Å². The molecule has 0 saturated carbocycles. The number of aryl methyl sites for hydroxylation is 1. The molecule has 0 N–H and O–H groups in total. The number of amides is 1. The second-order valence-electron chi connectivity index (χ2n) is 7.82. The van der Waals surface area contributed by atoms with Crippen molar-refractivity contribution in [3.8, 4) is 0 Å². The first-order valence-electron chi connectivity index (χ1n) is 10.1. The molecule has 0 bridgehead atoms. The Morgan fingerprint density at radius 1 is 1.04 bits per heavy atom. The number of benzene rings is 2. The van der Waals surface area contributed by atoms with Gasteiger partial charge in [-0.3, -0.25) is 14.2 Å². The molecule has 0 radical (unpaired) electrons. The molecule has 28 heavy (non-hydrogen) atoms. The molecular weight excluding hydrogens is 350 g/mol. The first kappa shape index (κ1) is 17.2. The number of fused-ring (bicyclic) bond motifs is 2. The molecule has 2 aromatic carbocycles. The highest BCUT2D eigenvalue weighted by Gasteiger charge is 2.28. The van der Waals surface area contributed by atoms with Crippen molar-refractivity contribution in [1.82, 2.24) is 14.5 Å². The summed E-state index contributed by atoms with van der Waals surface area (Å²) < 4.78 is 1.79. The summed E-state index contributed by atoms with van der Waals surface area (Å²) in [5.41, 5.74) is 2.57. The molecule has 1 saturated heterocycles. The lowest BCUT2D eigenvalue weighted by Gasteiger charge is -2.19. The Bertz CT molecular complexity index is 1100. The third-order valence-electron chi connectivity index (χ3n) is 6.06. The van der Waals surface area contributed by atoms with Gasteiger partial charge in [0.25, 0.3) is 11.5 Å².